The molecule has 1 aromatic carbocycles. The summed E-state index contributed by atoms with van der Waals surface area (Å²) in [6.07, 6.45) is 0. The molecule has 0 aliphatic carbocycles. The Hall–Kier alpha value is -1.83. The monoisotopic (exact) mass is 212 g/mol. The molecule has 0 spiro atoms. The van der Waals surface area contributed by atoms with E-state index in [2.05, 4.69) is 28.6 Å². The predicted molar refractivity (Wildman–Crippen MR) is 69.8 cm³/mol. The number of pyridine rings is 1. The number of aromatic nitrogens is 1. The SMILES string of the molecule is C=C(C)CN(C)c1ccc2ccccc2n1. The van der Waals surface area contributed by atoms with Crippen molar-refractivity contribution < 1.29 is 0 Å². The van der Waals surface area contributed by atoms with Crippen molar-refractivity contribution in [1.82, 2.24) is 4.98 Å². The van der Waals surface area contributed by atoms with Gasteiger partial charge in [0.25, 0.3) is 0 Å². The van der Waals surface area contributed by atoms with Gasteiger partial charge in [0.15, 0.2) is 0 Å². The highest BCUT2D eigenvalue weighted by Gasteiger charge is 2.03. The molecule has 1 heterocycles. The van der Waals surface area contributed by atoms with Gasteiger partial charge in [-0.2, -0.15) is 0 Å². The van der Waals surface area contributed by atoms with Crippen LogP contribution in [0.15, 0.2) is 48.6 Å². The molecule has 0 bridgehead atoms. The van der Waals surface area contributed by atoms with Crippen molar-refractivity contribution >= 4 is 16.7 Å². The molecule has 0 fully saturated rings. The van der Waals surface area contributed by atoms with Crippen LogP contribution in [0, 0.1) is 0 Å². The van der Waals surface area contributed by atoms with Crippen molar-refractivity contribution in [1.29, 1.82) is 0 Å². The molecule has 0 saturated heterocycles. The molecule has 2 rings (SSSR count). The fraction of sp³-hybridized carbons (Fsp3) is 0.214. The number of likely N-dealkylation sites (N-methyl/N-ethyl adjacent to an activating group) is 1. The second-order valence-electron chi connectivity index (χ2n) is 4.18. The Kier molecular flexibility index (Phi) is 2.91. The predicted octanol–water partition coefficient (Wildman–Crippen LogP) is 3.25. The first kappa shape index (κ1) is 10.7. The van der Waals surface area contributed by atoms with E-state index in [1.807, 2.05) is 38.2 Å². The lowest BCUT2D eigenvalue weighted by molar-refractivity contribution is 0.961. The van der Waals surface area contributed by atoms with E-state index in [1.54, 1.807) is 0 Å². The van der Waals surface area contributed by atoms with Gasteiger partial charge in [0, 0.05) is 19.0 Å². The molecule has 82 valence electrons. The van der Waals surface area contributed by atoms with Crippen LogP contribution in [0.2, 0.25) is 0 Å². The molecule has 2 nitrogen and oxygen atoms in total. The fourth-order valence-corrected chi connectivity index (χ4v) is 1.75. The Labute approximate surface area is 96.2 Å². The minimum Gasteiger partial charge on any atom is -0.356 e. The molecule has 0 aliphatic heterocycles. The van der Waals surface area contributed by atoms with Gasteiger partial charge < -0.3 is 4.90 Å². The third-order valence-corrected chi connectivity index (χ3v) is 2.48. The minimum absolute atomic E-state index is 0.839. The number of para-hydroxylation sites is 1. The lowest BCUT2D eigenvalue weighted by Gasteiger charge is -2.18. The molecule has 16 heavy (non-hydrogen) atoms. The maximum absolute atomic E-state index is 4.61. The number of anilines is 1. The van der Waals surface area contributed by atoms with Gasteiger partial charge in [-0.1, -0.05) is 30.4 Å². The van der Waals surface area contributed by atoms with Crippen molar-refractivity contribution in [3.05, 3.63) is 48.6 Å². The molecule has 0 N–H and O–H groups in total. The Morgan fingerprint density at radius 3 is 2.75 bits per heavy atom. The zero-order valence-corrected chi connectivity index (χ0v) is 9.77. The number of rotatable bonds is 3. The molecule has 0 atom stereocenters. The largest absolute Gasteiger partial charge is 0.356 e. The van der Waals surface area contributed by atoms with Crippen LogP contribution >= 0.6 is 0 Å². The van der Waals surface area contributed by atoms with Gasteiger partial charge in [0.1, 0.15) is 5.82 Å². The van der Waals surface area contributed by atoms with Crippen molar-refractivity contribution in [2.75, 3.05) is 18.5 Å². The summed E-state index contributed by atoms with van der Waals surface area (Å²) < 4.78 is 0. The van der Waals surface area contributed by atoms with E-state index >= 15 is 0 Å². The van der Waals surface area contributed by atoms with Crippen LogP contribution in [0.3, 0.4) is 0 Å². The molecule has 0 radical (unpaired) electrons. The highest BCUT2D eigenvalue weighted by atomic mass is 15.2. The number of hydrogen-bond acceptors (Lipinski definition) is 2. The number of hydrogen-bond donors (Lipinski definition) is 0. The third-order valence-electron chi connectivity index (χ3n) is 2.48. The summed E-state index contributed by atoms with van der Waals surface area (Å²) >= 11 is 0. The standard InChI is InChI=1S/C14H16N2/c1-11(2)10-16(3)14-9-8-12-6-4-5-7-13(12)15-14/h4-9H,1,10H2,2-3H3. The van der Waals surface area contributed by atoms with Crippen LogP contribution in [0.25, 0.3) is 10.9 Å². The van der Waals surface area contributed by atoms with Crippen LogP contribution in [-0.4, -0.2) is 18.6 Å². The first-order valence-electron chi connectivity index (χ1n) is 5.38. The van der Waals surface area contributed by atoms with Gasteiger partial charge in [0.2, 0.25) is 0 Å². The summed E-state index contributed by atoms with van der Waals surface area (Å²) in [4.78, 5) is 6.72. The van der Waals surface area contributed by atoms with E-state index in [4.69, 9.17) is 0 Å². The highest BCUT2D eigenvalue weighted by molar-refractivity contribution is 5.80. The number of fused-ring (bicyclic) bond motifs is 1. The van der Waals surface area contributed by atoms with Crippen LogP contribution in [0.1, 0.15) is 6.92 Å². The van der Waals surface area contributed by atoms with Crippen LogP contribution in [0.5, 0.6) is 0 Å². The van der Waals surface area contributed by atoms with Crippen LogP contribution in [0.4, 0.5) is 5.82 Å². The van der Waals surface area contributed by atoms with Crippen molar-refractivity contribution in [3.8, 4) is 0 Å². The topological polar surface area (TPSA) is 16.1 Å². The van der Waals surface area contributed by atoms with Gasteiger partial charge in [-0.25, -0.2) is 4.98 Å². The van der Waals surface area contributed by atoms with E-state index in [9.17, 15) is 0 Å². The molecule has 2 heteroatoms. The second kappa shape index (κ2) is 4.35. The Morgan fingerprint density at radius 2 is 2.00 bits per heavy atom. The first-order valence-corrected chi connectivity index (χ1v) is 5.38. The van der Waals surface area contributed by atoms with Gasteiger partial charge in [0.05, 0.1) is 5.52 Å². The van der Waals surface area contributed by atoms with Gasteiger partial charge in [-0.15, -0.1) is 0 Å². The van der Waals surface area contributed by atoms with E-state index in [-0.39, 0.29) is 0 Å². The van der Waals surface area contributed by atoms with Gasteiger partial charge >= 0.3 is 0 Å². The van der Waals surface area contributed by atoms with E-state index in [0.717, 1.165) is 23.5 Å². The Bertz CT molecular complexity index is 517. The normalized spacial score (nSPS) is 10.4. The summed E-state index contributed by atoms with van der Waals surface area (Å²) in [5, 5.41) is 1.18. The fourth-order valence-electron chi connectivity index (χ4n) is 1.75. The average Bonchev–Trinajstić information content (AvgIpc) is 2.27. The van der Waals surface area contributed by atoms with Crippen molar-refractivity contribution in [3.63, 3.8) is 0 Å². The molecule has 2 aromatic rings. The van der Waals surface area contributed by atoms with E-state index in [1.165, 1.54) is 5.39 Å². The number of benzene rings is 1. The molecule has 0 unspecified atom stereocenters. The summed E-state index contributed by atoms with van der Waals surface area (Å²) in [7, 11) is 2.03. The van der Waals surface area contributed by atoms with Crippen molar-refractivity contribution in [2.24, 2.45) is 0 Å². The smallest absolute Gasteiger partial charge is 0.129 e. The van der Waals surface area contributed by atoms with Crippen molar-refractivity contribution in [2.45, 2.75) is 6.92 Å². The molecule has 0 saturated carbocycles. The Balaban J connectivity index is 2.35. The molecule has 0 aliphatic rings. The van der Waals surface area contributed by atoms with Crippen LogP contribution < -0.4 is 4.90 Å². The van der Waals surface area contributed by atoms with E-state index < -0.39 is 0 Å². The molecule has 0 amide bonds. The molecular weight excluding hydrogens is 196 g/mol. The lowest BCUT2D eigenvalue weighted by atomic mass is 10.2. The average molecular weight is 212 g/mol. The first-order chi connectivity index (χ1) is 7.66. The van der Waals surface area contributed by atoms with Gasteiger partial charge in [-0.05, 0) is 25.1 Å². The lowest BCUT2D eigenvalue weighted by Crippen LogP contribution is -2.20. The van der Waals surface area contributed by atoms with Gasteiger partial charge in [-0.3, -0.25) is 0 Å². The third kappa shape index (κ3) is 2.22. The molecular formula is C14H16N2. The molecule has 1 aromatic heterocycles. The second-order valence-corrected chi connectivity index (χ2v) is 4.18. The van der Waals surface area contributed by atoms with E-state index in [0.29, 0.717) is 0 Å². The van der Waals surface area contributed by atoms with Crippen LogP contribution in [-0.2, 0) is 0 Å². The summed E-state index contributed by atoms with van der Waals surface area (Å²) in [5.74, 6) is 0.988. The Morgan fingerprint density at radius 1 is 1.25 bits per heavy atom. The summed E-state index contributed by atoms with van der Waals surface area (Å²) in [5.41, 5.74) is 2.17. The summed E-state index contributed by atoms with van der Waals surface area (Å²) in [6.45, 7) is 6.78. The minimum atomic E-state index is 0.839. The zero-order chi connectivity index (χ0) is 11.5. The highest BCUT2D eigenvalue weighted by Crippen LogP contribution is 2.17. The quantitative estimate of drug-likeness (QED) is 0.726. The zero-order valence-electron chi connectivity index (χ0n) is 9.77. The maximum atomic E-state index is 4.61. The summed E-state index contributed by atoms with van der Waals surface area (Å²) in [6, 6.07) is 12.3. The number of nitrogens with zero attached hydrogens (tertiary/aromatic N) is 2. The maximum Gasteiger partial charge on any atom is 0.129 e.